The van der Waals surface area contributed by atoms with Crippen molar-refractivity contribution in [3.8, 4) is 5.75 Å². The average Bonchev–Trinajstić information content (AvgIpc) is 2.78. The standard InChI is InChI=1S/C12H14N4O2/c1-7(2)8-6-10(16-15-8)14-12(18)11-9(17)4-3-5-13-11/h3-7,17H,1-2H3,(H2,14,15,16,18). The Morgan fingerprint density at radius 2 is 2.28 bits per heavy atom. The number of carbonyl (C=O) groups excluding carboxylic acids is 1. The molecule has 2 heterocycles. The predicted molar refractivity (Wildman–Crippen MR) is 66.5 cm³/mol. The number of rotatable bonds is 3. The van der Waals surface area contributed by atoms with Crippen molar-refractivity contribution in [3.63, 3.8) is 0 Å². The Bertz CT molecular complexity index is 563. The topological polar surface area (TPSA) is 90.9 Å². The van der Waals surface area contributed by atoms with Crippen molar-refractivity contribution in [3.05, 3.63) is 35.8 Å². The molecule has 0 aromatic carbocycles. The predicted octanol–water partition coefficient (Wildman–Crippen LogP) is 1.89. The Morgan fingerprint density at radius 3 is 2.89 bits per heavy atom. The summed E-state index contributed by atoms with van der Waals surface area (Å²) in [5.74, 6) is 0.0599. The van der Waals surface area contributed by atoms with E-state index in [-0.39, 0.29) is 11.4 Å². The van der Waals surface area contributed by atoms with Crippen LogP contribution in [-0.4, -0.2) is 26.2 Å². The van der Waals surface area contributed by atoms with Gasteiger partial charge in [-0.2, -0.15) is 5.10 Å². The van der Waals surface area contributed by atoms with E-state index in [1.54, 1.807) is 12.1 Å². The molecule has 1 amide bonds. The Labute approximate surface area is 104 Å². The lowest BCUT2D eigenvalue weighted by Crippen LogP contribution is -2.13. The minimum atomic E-state index is -0.491. The van der Waals surface area contributed by atoms with E-state index in [2.05, 4.69) is 20.5 Å². The van der Waals surface area contributed by atoms with Gasteiger partial charge in [0.05, 0.1) is 0 Å². The number of hydrogen-bond acceptors (Lipinski definition) is 4. The Hall–Kier alpha value is -2.37. The lowest BCUT2D eigenvalue weighted by molar-refractivity contribution is 0.101. The SMILES string of the molecule is CC(C)c1cc(NC(=O)c2ncccc2O)n[nH]1. The zero-order chi connectivity index (χ0) is 13.1. The van der Waals surface area contributed by atoms with Crippen LogP contribution >= 0.6 is 0 Å². The van der Waals surface area contributed by atoms with Gasteiger partial charge in [0.2, 0.25) is 0 Å². The van der Waals surface area contributed by atoms with Gasteiger partial charge in [0.25, 0.3) is 5.91 Å². The van der Waals surface area contributed by atoms with Crippen LogP contribution < -0.4 is 5.32 Å². The Kier molecular flexibility index (Phi) is 3.27. The molecule has 0 aliphatic rings. The van der Waals surface area contributed by atoms with E-state index >= 15 is 0 Å². The van der Waals surface area contributed by atoms with Crippen LogP contribution in [0.2, 0.25) is 0 Å². The van der Waals surface area contributed by atoms with Crippen LogP contribution in [0.4, 0.5) is 5.82 Å². The fourth-order valence-electron chi connectivity index (χ4n) is 1.44. The molecule has 2 rings (SSSR count). The molecule has 6 heteroatoms. The maximum Gasteiger partial charge on any atom is 0.279 e. The van der Waals surface area contributed by atoms with Crippen molar-refractivity contribution in [2.24, 2.45) is 0 Å². The highest BCUT2D eigenvalue weighted by atomic mass is 16.3. The number of carbonyl (C=O) groups is 1. The number of amides is 1. The van der Waals surface area contributed by atoms with Crippen molar-refractivity contribution >= 4 is 11.7 Å². The summed E-state index contributed by atoms with van der Waals surface area (Å²) in [5, 5.41) is 18.9. The van der Waals surface area contributed by atoms with E-state index in [1.165, 1.54) is 12.3 Å². The number of aromatic amines is 1. The van der Waals surface area contributed by atoms with Crippen molar-refractivity contribution in [1.29, 1.82) is 0 Å². The molecule has 0 bridgehead atoms. The van der Waals surface area contributed by atoms with Gasteiger partial charge in [0.15, 0.2) is 11.5 Å². The largest absolute Gasteiger partial charge is 0.505 e. The number of H-pyrrole nitrogens is 1. The van der Waals surface area contributed by atoms with E-state index in [0.29, 0.717) is 11.7 Å². The zero-order valence-electron chi connectivity index (χ0n) is 10.1. The molecule has 0 saturated carbocycles. The highest BCUT2D eigenvalue weighted by Gasteiger charge is 2.14. The fourth-order valence-corrected chi connectivity index (χ4v) is 1.44. The van der Waals surface area contributed by atoms with Crippen molar-refractivity contribution in [2.75, 3.05) is 5.32 Å². The van der Waals surface area contributed by atoms with Crippen LogP contribution in [0.1, 0.15) is 35.9 Å². The molecule has 0 atom stereocenters. The molecule has 0 saturated heterocycles. The van der Waals surface area contributed by atoms with Crippen molar-refractivity contribution < 1.29 is 9.90 Å². The summed E-state index contributed by atoms with van der Waals surface area (Å²) in [4.78, 5) is 15.6. The van der Waals surface area contributed by atoms with Gasteiger partial charge in [-0.3, -0.25) is 9.89 Å². The third kappa shape index (κ3) is 2.48. The van der Waals surface area contributed by atoms with E-state index in [0.717, 1.165) is 5.69 Å². The van der Waals surface area contributed by atoms with Crippen LogP contribution in [0.3, 0.4) is 0 Å². The van der Waals surface area contributed by atoms with Gasteiger partial charge < -0.3 is 10.4 Å². The first kappa shape index (κ1) is 12.1. The van der Waals surface area contributed by atoms with Crippen LogP contribution in [0.25, 0.3) is 0 Å². The molecule has 0 aliphatic heterocycles. The molecule has 2 aromatic heterocycles. The number of anilines is 1. The molecule has 0 unspecified atom stereocenters. The normalized spacial score (nSPS) is 10.6. The molecular weight excluding hydrogens is 232 g/mol. The lowest BCUT2D eigenvalue weighted by atomic mass is 10.1. The smallest absolute Gasteiger partial charge is 0.279 e. The van der Waals surface area contributed by atoms with Crippen molar-refractivity contribution in [2.45, 2.75) is 19.8 Å². The maximum absolute atomic E-state index is 11.8. The lowest BCUT2D eigenvalue weighted by Gasteiger charge is -2.02. The summed E-state index contributed by atoms with van der Waals surface area (Å²) >= 11 is 0. The summed E-state index contributed by atoms with van der Waals surface area (Å²) in [7, 11) is 0. The number of pyridine rings is 1. The van der Waals surface area contributed by atoms with Gasteiger partial charge in [0.1, 0.15) is 5.75 Å². The second-order valence-electron chi connectivity index (χ2n) is 4.19. The average molecular weight is 246 g/mol. The van der Waals surface area contributed by atoms with Crippen LogP contribution in [-0.2, 0) is 0 Å². The third-order valence-electron chi connectivity index (χ3n) is 2.46. The van der Waals surface area contributed by atoms with Gasteiger partial charge in [-0.15, -0.1) is 0 Å². The minimum Gasteiger partial charge on any atom is -0.505 e. The molecule has 3 N–H and O–H groups in total. The number of hydrogen-bond donors (Lipinski definition) is 3. The molecule has 18 heavy (non-hydrogen) atoms. The molecule has 0 radical (unpaired) electrons. The summed E-state index contributed by atoms with van der Waals surface area (Å²) in [6.07, 6.45) is 1.44. The number of nitrogens with one attached hydrogen (secondary N) is 2. The Morgan fingerprint density at radius 1 is 1.50 bits per heavy atom. The van der Waals surface area contributed by atoms with E-state index in [9.17, 15) is 9.90 Å². The molecule has 94 valence electrons. The van der Waals surface area contributed by atoms with E-state index < -0.39 is 5.91 Å². The number of aromatic hydroxyl groups is 1. The van der Waals surface area contributed by atoms with Gasteiger partial charge in [-0.1, -0.05) is 13.8 Å². The summed E-state index contributed by atoms with van der Waals surface area (Å²) in [5.41, 5.74) is 0.905. The van der Waals surface area contributed by atoms with Crippen LogP contribution in [0.5, 0.6) is 5.75 Å². The number of nitrogens with zero attached hydrogens (tertiary/aromatic N) is 2. The highest BCUT2D eigenvalue weighted by Crippen LogP contribution is 2.17. The summed E-state index contributed by atoms with van der Waals surface area (Å²) < 4.78 is 0. The fraction of sp³-hybridized carbons (Fsp3) is 0.250. The zero-order valence-corrected chi connectivity index (χ0v) is 10.1. The molecule has 0 spiro atoms. The Balaban J connectivity index is 2.14. The van der Waals surface area contributed by atoms with E-state index in [4.69, 9.17) is 0 Å². The summed E-state index contributed by atoms with van der Waals surface area (Å²) in [6.45, 7) is 4.04. The first-order valence-corrected chi connectivity index (χ1v) is 5.58. The monoisotopic (exact) mass is 246 g/mol. The highest BCUT2D eigenvalue weighted by molar-refractivity contribution is 6.04. The molecule has 0 aliphatic carbocycles. The third-order valence-corrected chi connectivity index (χ3v) is 2.46. The second-order valence-corrected chi connectivity index (χ2v) is 4.19. The van der Waals surface area contributed by atoms with Crippen LogP contribution in [0, 0.1) is 0 Å². The van der Waals surface area contributed by atoms with Gasteiger partial charge in [0, 0.05) is 18.0 Å². The molecular formula is C12H14N4O2. The molecule has 2 aromatic rings. The quantitative estimate of drug-likeness (QED) is 0.771. The van der Waals surface area contributed by atoms with Crippen LogP contribution in [0.15, 0.2) is 24.4 Å². The number of aromatic nitrogens is 3. The maximum atomic E-state index is 11.8. The first-order chi connectivity index (χ1) is 8.58. The first-order valence-electron chi connectivity index (χ1n) is 5.58. The van der Waals surface area contributed by atoms with Gasteiger partial charge in [-0.05, 0) is 18.1 Å². The van der Waals surface area contributed by atoms with E-state index in [1.807, 2.05) is 13.8 Å². The van der Waals surface area contributed by atoms with Crippen molar-refractivity contribution in [1.82, 2.24) is 15.2 Å². The second kappa shape index (κ2) is 4.87. The van der Waals surface area contributed by atoms with Gasteiger partial charge >= 0.3 is 0 Å². The molecule has 0 fully saturated rings. The summed E-state index contributed by atoms with van der Waals surface area (Å²) in [6, 6.07) is 4.71. The van der Waals surface area contributed by atoms with Gasteiger partial charge in [-0.25, -0.2) is 4.98 Å². The molecule has 6 nitrogen and oxygen atoms in total. The minimum absolute atomic E-state index is 0.0217.